The number of amides is 4. The molecule has 2 aromatic rings. The summed E-state index contributed by atoms with van der Waals surface area (Å²) in [5.41, 5.74) is 2.54. The smallest absolute Gasteiger partial charge is 0.322 e. The SMILES string of the molecule is Cn1ncc(C(=O)NC2CC(C3NC(=O)NC3=O)C2)c1Cc1ccccc1. The molecule has 2 fully saturated rings. The second-order valence-corrected chi connectivity index (χ2v) is 7.13. The van der Waals surface area contributed by atoms with Gasteiger partial charge in [0.2, 0.25) is 0 Å². The first-order valence-electron chi connectivity index (χ1n) is 8.98. The lowest BCUT2D eigenvalue weighted by atomic mass is 9.75. The van der Waals surface area contributed by atoms with Crippen LogP contribution >= 0.6 is 0 Å². The van der Waals surface area contributed by atoms with E-state index in [0.29, 0.717) is 24.8 Å². The zero-order chi connectivity index (χ0) is 19.0. The van der Waals surface area contributed by atoms with Crippen molar-refractivity contribution in [3.8, 4) is 0 Å². The Morgan fingerprint density at radius 3 is 2.67 bits per heavy atom. The van der Waals surface area contributed by atoms with Crippen LogP contribution in [-0.4, -0.2) is 39.7 Å². The van der Waals surface area contributed by atoms with Crippen molar-refractivity contribution >= 4 is 17.8 Å². The highest BCUT2D eigenvalue weighted by Crippen LogP contribution is 2.32. The van der Waals surface area contributed by atoms with Crippen LogP contribution in [0.2, 0.25) is 0 Å². The van der Waals surface area contributed by atoms with Crippen LogP contribution in [-0.2, 0) is 18.3 Å². The average Bonchev–Trinajstić information content (AvgIpc) is 3.13. The van der Waals surface area contributed by atoms with Gasteiger partial charge >= 0.3 is 6.03 Å². The Morgan fingerprint density at radius 1 is 1.26 bits per heavy atom. The van der Waals surface area contributed by atoms with Crippen molar-refractivity contribution in [1.29, 1.82) is 0 Å². The third-order valence-electron chi connectivity index (χ3n) is 5.31. The number of hydrogen-bond acceptors (Lipinski definition) is 4. The largest absolute Gasteiger partial charge is 0.349 e. The molecule has 1 saturated heterocycles. The van der Waals surface area contributed by atoms with E-state index in [0.717, 1.165) is 11.3 Å². The van der Waals surface area contributed by atoms with Crippen molar-refractivity contribution in [2.24, 2.45) is 13.0 Å². The van der Waals surface area contributed by atoms with Crippen LogP contribution in [0, 0.1) is 5.92 Å². The van der Waals surface area contributed by atoms with Crippen molar-refractivity contribution in [3.63, 3.8) is 0 Å². The van der Waals surface area contributed by atoms with Crippen molar-refractivity contribution in [2.75, 3.05) is 0 Å². The molecule has 8 nitrogen and oxygen atoms in total. The lowest BCUT2D eigenvalue weighted by molar-refractivity contribution is -0.122. The summed E-state index contributed by atoms with van der Waals surface area (Å²) in [6.45, 7) is 0. The molecule has 1 aromatic heterocycles. The van der Waals surface area contributed by atoms with E-state index in [1.54, 1.807) is 10.9 Å². The van der Waals surface area contributed by atoms with Crippen LogP contribution in [0.15, 0.2) is 36.5 Å². The van der Waals surface area contributed by atoms with E-state index in [4.69, 9.17) is 0 Å². The quantitative estimate of drug-likeness (QED) is 0.678. The molecule has 4 amide bonds. The van der Waals surface area contributed by atoms with E-state index < -0.39 is 12.1 Å². The summed E-state index contributed by atoms with van der Waals surface area (Å²) in [5, 5.41) is 12.1. The number of urea groups is 1. The van der Waals surface area contributed by atoms with Crippen LogP contribution in [0.5, 0.6) is 0 Å². The van der Waals surface area contributed by atoms with Gasteiger partial charge in [-0.3, -0.25) is 19.6 Å². The van der Waals surface area contributed by atoms with E-state index in [9.17, 15) is 14.4 Å². The number of nitrogens with zero attached hydrogens (tertiary/aromatic N) is 2. The minimum atomic E-state index is -0.488. The molecule has 8 heteroatoms. The molecule has 1 aliphatic heterocycles. The number of imide groups is 1. The third kappa shape index (κ3) is 3.42. The van der Waals surface area contributed by atoms with Gasteiger partial charge in [-0.05, 0) is 24.3 Å². The molecule has 2 aliphatic rings. The molecule has 0 radical (unpaired) electrons. The van der Waals surface area contributed by atoms with E-state index in [1.807, 2.05) is 37.4 Å². The second kappa shape index (κ2) is 6.86. The minimum absolute atomic E-state index is 0.00224. The number of aryl methyl sites for hydroxylation is 1. The van der Waals surface area contributed by atoms with Gasteiger partial charge in [0.05, 0.1) is 17.5 Å². The predicted molar refractivity (Wildman–Crippen MR) is 96.9 cm³/mol. The minimum Gasteiger partial charge on any atom is -0.349 e. The Kier molecular flexibility index (Phi) is 4.39. The summed E-state index contributed by atoms with van der Waals surface area (Å²) < 4.78 is 1.73. The number of hydrogen-bond donors (Lipinski definition) is 3. The van der Waals surface area contributed by atoms with E-state index in [1.165, 1.54) is 0 Å². The Morgan fingerprint density at radius 2 is 2.00 bits per heavy atom. The second-order valence-electron chi connectivity index (χ2n) is 7.13. The first-order chi connectivity index (χ1) is 13.0. The summed E-state index contributed by atoms with van der Waals surface area (Å²) in [6, 6.07) is 9.00. The average molecular weight is 367 g/mol. The van der Waals surface area contributed by atoms with Crippen LogP contribution < -0.4 is 16.0 Å². The molecular formula is C19H21N5O3. The van der Waals surface area contributed by atoms with Crippen LogP contribution in [0.25, 0.3) is 0 Å². The van der Waals surface area contributed by atoms with Gasteiger partial charge in [-0.25, -0.2) is 4.79 Å². The molecule has 2 heterocycles. The zero-order valence-corrected chi connectivity index (χ0v) is 14.9. The van der Waals surface area contributed by atoms with Gasteiger partial charge < -0.3 is 10.6 Å². The number of carbonyl (C=O) groups is 3. The Bertz CT molecular complexity index is 886. The highest BCUT2D eigenvalue weighted by Gasteiger charge is 2.43. The van der Waals surface area contributed by atoms with Gasteiger partial charge in [0.1, 0.15) is 6.04 Å². The summed E-state index contributed by atoms with van der Waals surface area (Å²) >= 11 is 0. The maximum absolute atomic E-state index is 12.7. The Hall–Kier alpha value is -3.16. The van der Waals surface area contributed by atoms with Gasteiger partial charge in [-0.15, -0.1) is 0 Å². The van der Waals surface area contributed by atoms with Crippen molar-refractivity contribution in [3.05, 3.63) is 53.3 Å². The summed E-state index contributed by atoms with van der Waals surface area (Å²) in [7, 11) is 1.83. The highest BCUT2D eigenvalue weighted by atomic mass is 16.2. The van der Waals surface area contributed by atoms with E-state index in [-0.39, 0.29) is 23.8 Å². The molecule has 1 unspecified atom stereocenters. The molecule has 27 heavy (non-hydrogen) atoms. The van der Waals surface area contributed by atoms with Gasteiger partial charge in [0.15, 0.2) is 0 Å². The molecule has 1 aliphatic carbocycles. The third-order valence-corrected chi connectivity index (χ3v) is 5.31. The van der Waals surface area contributed by atoms with Gasteiger partial charge in [-0.2, -0.15) is 5.10 Å². The Labute approximate surface area is 156 Å². The van der Waals surface area contributed by atoms with Crippen molar-refractivity contribution < 1.29 is 14.4 Å². The maximum Gasteiger partial charge on any atom is 0.322 e. The molecule has 1 atom stereocenters. The molecule has 0 bridgehead atoms. The fourth-order valence-electron chi connectivity index (χ4n) is 3.73. The monoisotopic (exact) mass is 367 g/mol. The van der Waals surface area contributed by atoms with Crippen molar-refractivity contribution in [1.82, 2.24) is 25.7 Å². The zero-order valence-electron chi connectivity index (χ0n) is 14.9. The summed E-state index contributed by atoms with van der Waals surface area (Å²) in [6.07, 6.45) is 3.55. The first-order valence-corrected chi connectivity index (χ1v) is 8.98. The molecular weight excluding hydrogens is 346 g/mol. The fraction of sp³-hybridized carbons (Fsp3) is 0.368. The van der Waals surface area contributed by atoms with Crippen LogP contribution in [0.1, 0.15) is 34.5 Å². The molecule has 1 aromatic carbocycles. The van der Waals surface area contributed by atoms with E-state index >= 15 is 0 Å². The summed E-state index contributed by atoms with van der Waals surface area (Å²) in [4.78, 5) is 35.6. The molecule has 4 rings (SSSR count). The number of aromatic nitrogens is 2. The maximum atomic E-state index is 12.7. The molecule has 140 valence electrons. The molecule has 3 N–H and O–H groups in total. The fourth-order valence-corrected chi connectivity index (χ4v) is 3.73. The number of benzene rings is 1. The lowest BCUT2D eigenvalue weighted by Gasteiger charge is -2.38. The standard InChI is InChI=1S/C19H21N5O3/c1-24-15(7-11-5-3-2-4-6-11)14(10-20-24)17(25)21-13-8-12(9-13)16-18(26)23-19(27)22-16/h2-6,10,12-13,16H,7-9H2,1H3,(H,21,25)(H2,22,23,26,27). The van der Waals surface area contributed by atoms with E-state index in [2.05, 4.69) is 21.0 Å². The van der Waals surface area contributed by atoms with Crippen LogP contribution in [0.4, 0.5) is 4.79 Å². The topological polar surface area (TPSA) is 105 Å². The van der Waals surface area contributed by atoms with Crippen LogP contribution in [0.3, 0.4) is 0 Å². The Balaban J connectivity index is 1.37. The number of carbonyl (C=O) groups excluding carboxylic acids is 3. The number of rotatable bonds is 5. The van der Waals surface area contributed by atoms with Gasteiger partial charge in [-0.1, -0.05) is 30.3 Å². The normalized spacial score (nSPS) is 24.1. The molecule has 1 saturated carbocycles. The van der Waals surface area contributed by atoms with Gasteiger partial charge in [0.25, 0.3) is 11.8 Å². The molecule has 0 spiro atoms. The highest BCUT2D eigenvalue weighted by molar-refractivity contribution is 6.04. The van der Waals surface area contributed by atoms with Crippen molar-refractivity contribution in [2.45, 2.75) is 31.3 Å². The number of nitrogens with one attached hydrogen (secondary N) is 3. The first kappa shape index (κ1) is 17.3. The predicted octanol–water partition coefficient (Wildman–Crippen LogP) is 0.727. The van der Waals surface area contributed by atoms with Gasteiger partial charge in [0, 0.05) is 19.5 Å². The lowest BCUT2D eigenvalue weighted by Crippen LogP contribution is -2.52. The summed E-state index contributed by atoms with van der Waals surface area (Å²) in [5.74, 6) is -0.385.